The van der Waals surface area contributed by atoms with Crippen LogP contribution >= 0.6 is 91.8 Å². The van der Waals surface area contributed by atoms with Gasteiger partial charge in [-0.2, -0.15) is 17.2 Å². The summed E-state index contributed by atoms with van der Waals surface area (Å²) in [5.74, 6) is -5.62. The van der Waals surface area contributed by atoms with E-state index in [2.05, 4.69) is 0 Å². The van der Waals surface area contributed by atoms with E-state index in [0.29, 0.717) is 94.4 Å². The van der Waals surface area contributed by atoms with Gasteiger partial charge in [-0.1, -0.05) is 119 Å². The van der Waals surface area contributed by atoms with Gasteiger partial charge in [-0.25, -0.2) is 52.8 Å². The first-order valence-electron chi connectivity index (χ1n) is 47.1. The molecule has 8 aromatic carbocycles. The number of amidine groups is 4. The highest BCUT2D eigenvalue weighted by atomic mass is 35.5. The molecule has 4 amide bonds. The van der Waals surface area contributed by atoms with Crippen molar-refractivity contribution < 1.29 is 97.2 Å². The fraction of sp³-hybridized carbons (Fsp3) is 0.320. The zero-order valence-electron chi connectivity index (χ0n) is 80.0. The number of carboxylic acid groups (broad SMARTS) is 4. The second-order valence-corrected chi connectivity index (χ2v) is 50.8. The van der Waals surface area contributed by atoms with Crippen LogP contribution in [-0.2, 0) is 64.0 Å². The van der Waals surface area contributed by atoms with Crippen molar-refractivity contribution in [1.82, 2.24) is 56.4 Å². The van der Waals surface area contributed by atoms with Gasteiger partial charge in [0.2, 0.25) is 0 Å². The third-order valence-corrected chi connectivity index (χ3v) is 41.3. The number of hydrogen-bond donors (Lipinski definition) is 8. The van der Waals surface area contributed by atoms with E-state index in [1.54, 1.807) is 213 Å². The van der Waals surface area contributed by atoms with Gasteiger partial charge in [0.15, 0.2) is 0 Å². The maximum atomic E-state index is 13.4. The van der Waals surface area contributed by atoms with Crippen LogP contribution in [0.2, 0.25) is 20.1 Å². The number of methoxy groups -OCH3 is 1. The summed E-state index contributed by atoms with van der Waals surface area (Å²) in [5.41, 5.74) is 3.79. The van der Waals surface area contributed by atoms with Gasteiger partial charge < -0.3 is 64.4 Å². The topological polar surface area (TPSA) is 498 Å². The van der Waals surface area contributed by atoms with Crippen LogP contribution in [0, 0.1) is 21.6 Å². The first-order chi connectivity index (χ1) is 71.0. The average Bonchev–Trinajstić information content (AvgIpc) is 1.67. The number of piperidine rings is 1. The molecule has 8 N–H and O–H groups in total. The number of carboxylic acids is 4. The molecular formula is C100H102Cl4N16O21S8. The van der Waals surface area contributed by atoms with E-state index in [9.17, 15) is 92.5 Å². The first kappa shape index (κ1) is 110. The number of halogens is 4. The highest BCUT2D eigenvalue weighted by molar-refractivity contribution is 7.92. The van der Waals surface area contributed by atoms with Crippen LogP contribution in [0.5, 0.6) is 0 Å². The Hall–Kier alpha value is -12.0. The molecule has 11 heterocycles. The van der Waals surface area contributed by atoms with Gasteiger partial charge in [-0.3, -0.25) is 40.8 Å². The molecule has 7 aliphatic rings. The number of nitrogens with one attached hydrogen (secondary N) is 4. The van der Waals surface area contributed by atoms with Crippen molar-refractivity contribution in [2.75, 3.05) is 145 Å². The summed E-state index contributed by atoms with van der Waals surface area (Å²) in [7, 11) is -12.5. The first-order valence-corrected chi connectivity index (χ1v) is 57.6. The number of amides is 4. The molecule has 7 aliphatic heterocycles. The summed E-state index contributed by atoms with van der Waals surface area (Å²) in [6, 6.07) is 47.3. The smallest absolute Gasteiger partial charge is 0.327 e. The van der Waals surface area contributed by atoms with E-state index in [4.69, 9.17) is 72.8 Å². The zero-order valence-corrected chi connectivity index (χ0v) is 89.6. The van der Waals surface area contributed by atoms with Gasteiger partial charge >= 0.3 is 23.9 Å². The Bertz CT molecular complexity index is 7720. The molecule has 784 valence electrons. The number of thiophene rings is 4. The second kappa shape index (κ2) is 46.4. The molecule has 149 heavy (non-hydrogen) atoms. The number of nitrogens with zero attached hydrogens (tertiary/aromatic N) is 12. The molecule has 49 heteroatoms. The number of rotatable bonds is 23. The SMILES string of the molecule is COCCN(C)C(=N)c1ccc(C(=O)N2CCN(S(=O)(=O)c3cc4ccc(Cl)cc4s3)CC2C(=O)O)cc1.N=C(c1ccc(C(=O)N2CCN(S(=O)(=O)c3cc4ccc(Cl)cc4s3)CC2C(=O)O)cc1)N1CCC1.N=C(c1ccc(C(=O)N2CCN(S(=O)(=O)c3cc4ccc(Cl)cc4s3)CC2C(=O)O)cc1)N1CCCC1.N=C(c1ccc(C(=O)N2CCN(S(=O)(=O)c3cc4ccc(Cl)cc4s3)CC2C(=O)O)cc1)N1CCCCC1. The molecule has 4 unspecified atom stereocenters. The Morgan fingerprint density at radius 2 is 0.537 bits per heavy atom. The predicted octanol–water partition coefficient (Wildman–Crippen LogP) is 13.8. The van der Waals surface area contributed by atoms with Crippen LogP contribution in [0.3, 0.4) is 0 Å². The number of benzene rings is 8. The number of fused-ring (bicyclic) bond motifs is 4. The van der Waals surface area contributed by atoms with Crippen molar-refractivity contribution in [1.29, 1.82) is 21.6 Å². The summed E-state index contributed by atoms with van der Waals surface area (Å²) >= 11 is 28.4. The van der Waals surface area contributed by atoms with E-state index >= 15 is 0 Å². The van der Waals surface area contributed by atoms with Crippen LogP contribution < -0.4 is 0 Å². The van der Waals surface area contributed by atoms with E-state index in [-0.39, 0.29) is 107 Å². The molecule has 4 atom stereocenters. The van der Waals surface area contributed by atoms with Gasteiger partial charge in [0.05, 0.1) is 6.61 Å². The minimum absolute atomic E-state index is 0.0233. The number of hydrogen-bond acceptors (Lipinski definition) is 25. The van der Waals surface area contributed by atoms with Crippen molar-refractivity contribution in [3.05, 3.63) is 259 Å². The highest BCUT2D eigenvalue weighted by Crippen LogP contribution is 2.40. The van der Waals surface area contributed by atoms with Crippen molar-refractivity contribution in [2.24, 2.45) is 0 Å². The number of likely N-dealkylation sites (N-methyl/N-ethyl adjacent to an activating group) is 1. The van der Waals surface area contributed by atoms with E-state index < -0.39 is 112 Å². The molecular weight excluding hydrogens is 2160 g/mol. The Kier molecular flexibility index (Phi) is 34.2. The van der Waals surface area contributed by atoms with Crippen molar-refractivity contribution in [3.63, 3.8) is 0 Å². The molecule has 19 rings (SSSR count). The molecule has 4 aromatic heterocycles. The number of carbonyl (C=O) groups excluding carboxylic acids is 4. The van der Waals surface area contributed by atoms with Gasteiger partial charge in [0, 0.05) is 222 Å². The maximum Gasteiger partial charge on any atom is 0.327 e. The maximum absolute atomic E-state index is 13.4. The minimum Gasteiger partial charge on any atom is -0.480 e. The lowest BCUT2D eigenvalue weighted by Crippen LogP contribution is -2.59. The van der Waals surface area contributed by atoms with Crippen LogP contribution in [0.15, 0.2) is 211 Å². The Morgan fingerprint density at radius 3 is 0.758 bits per heavy atom. The monoisotopic (exact) mass is 2260 g/mol. The Morgan fingerprint density at radius 1 is 0.315 bits per heavy atom. The quantitative estimate of drug-likeness (QED) is 0.0218. The predicted molar refractivity (Wildman–Crippen MR) is 572 cm³/mol. The summed E-state index contributed by atoms with van der Waals surface area (Å²) in [4.78, 5) is 114. The summed E-state index contributed by atoms with van der Waals surface area (Å²) < 4.78 is 120. The Labute approximate surface area is 894 Å². The molecule has 0 aliphatic carbocycles. The van der Waals surface area contributed by atoms with E-state index in [1.165, 1.54) is 19.6 Å². The van der Waals surface area contributed by atoms with Crippen molar-refractivity contribution in [2.45, 2.75) is 79.5 Å². The Balaban J connectivity index is 0.000000142. The van der Waals surface area contributed by atoms with E-state index in [1.807, 2.05) is 14.7 Å². The molecule has 0 spiro atoms. The molecule has 7 saturated heterocycles. The van der Waals surface area contributed by atoms with Crippen LogP contribution in [0.1, 0.15) is 102 Å². The van der Waals surface area contributed by atoms with Crippen LogP contribution in [0.25, 0.3) is 40.3 Å². The average molecular weight is 2260 g/mol. The number of aliphatic carboxylic acids is 4. The van der Waals surface area contributed by atoms with Crippen molar-refractivity contribution in [3.8, 4) is 0 Å². The van der Waals surface area contributed by atoms with Crippen molar-refractivity contribution >= 4 is 243 Å². The number of sulfonamides is 4. The fourth-order valence-electron chi connectivity index (χ4n) is 18.1. The third kappa shape index (κ3) is 24.3. The highest BCUT2D eigenvalue weighted by Gasteiger charge is 2.47. The molecule has 12 aromatic rings. The third-order valence-electron chi connectivity index (χ3n) is 26.7. The lowest BCUT2D eigenvalue weighted by Gasteiger charge is -2.38. The van der Waals surface area contributed by atoms with Crippen LogP contribution in [0.4, 0.5) is 0 Å². The molecule has 7 fully saturated rings. The lowest BCUT2D eigenvalue weighted by molar-refractivity contribution is -0.144. The summed E-state index contributed by atoms with van der Waals surface area (Å²) in [6.07, 6.45) is 6.41. The normalized spacial score (nSPS) is 18.3. The minimum atomic E-state index is -3.98. The second-order valence-electron chi connectivity index (χ2n) is 36.1. The largest absolute Gasteiger partial charge is 0.480 e. The van der Waals surface area contributed by atoms with Gasteiger partial charge in [-0.15, -0.1) is 45.3 Å². The van der Waals surface area contributed by atoms with Crippen LogP contribution in [-0.4, -0.2) is 351 Å². The van der Waals surface area contributed by atoms with E-state index in [0.717, 1.165) is 176 Å². The number of carbonyl (C=O) groups is 8. The zero-order chi connectivity index (χ0) is 107. The molecule has 37 nitrogen and oxygen atoms in total. The summed E-state index contributed by atoms with van der Waals surface area (Å²) in [6.45, 7) is 4.21. The molecule has 0 bridgehead atoms. The number of ether oxygens (including phenoxy) is 1. The van der Waals surface area contributed by atoms with Gasteiger partial charge in [-0.05, 0) is 181 Å². The molecule has 0 saturated carbocycles. The molecule has 0 radical (unpaired) electrons. The number of likely N-dealkylation sites (tertiary alicyclic amines) is 3. The standard InChI is InChI=1S/C26H27ClN4O5S2.C25H27ClN4O6S2.C25H25ClN4O5S2.C24H23ClN4O5S2/c27-20-9-8-19-14-23(37-22(19)15-20)38(35,36)30-12-13-31(21(16-30)26(33)34)25(32)18-6-4-17(5-7-18)24(28)29-10-2-1-3-11-29;1-28(11-12-36-2)23(27)16-3-5-17(6-4-16)24(31)30-10-9-29(15-20(30)25(32)33)38(34,35)22-13-18-7-8-19(26)14-21(18)37-22;26-19-8-7-18-13-22(36-21(18)14-19)37(34,35)29-11-12-30(20(15-29)25(32)33)24(31)17-5-3-16(4-6-17)23(27)28-9-1-2-10-28;25-18-7-6-17-12-21(35-20(17)13-18)36(33,34)28-10-11-29(19(14-28)24(31)32)23(30)16-4-2-15(3-5-16)22(26)27-8-1-9-27/h4-9,14-15,21,28H,1-3,10-13,16H2,(H,33,34);3-8,13-14,20,27H,9-12,15H2,1-2H3,(H,32,33);3-8,13-14,20,27H,1-2,9-12,15H2,(H,32,33);2-7,12-13,19,26H,1,8-11,14H2,(H,31,32). The van der Waals surface area contributed by atoms with Gasteiger partial charge in [0.1, 0.15) is 64.3 Å². The fourth-order valence-corrected chi connectivity index (χ4v) is 31.2. The summed E-state index contributed by atoms with van der Waals surface area (Å²) in [5, 5.41) is 77.8. The lowest BCUT2D eigenvalue weighted by atomic mass is 10.1. The van der Waals surface area contributed by atoms with Gasteiger partial charge in [0.25, 0.3) is 63.7 Å². The number of piperazine rings is 4.